The van der Waals surface area contributed by atoms with Crippen LogP contribution in [0.5, 0.6) is 5.75 Å². The average Bonchev–Trinajstić information content (AvgIpc) is 2.68. The molecule has 0 atom stereocenters. The largest absolute Gasteiger partial charge is 0.507 e. The number of hydrogen-bond donors (Lipinski definition) is 2. The van der Waals surface area contributed by atoms with E-state index in [1.54, 1.807) is 24.3 Å². The quantitative estimate of drug-likeness (QED) is 0.693. The van der Waals surface area contributed by atoms with Crippen molar-refractivity contribution in [2.45, 2.75) is 13.8 Å². The number of phenolic OH excluding ortho intramolecular Hbond substituents is 1. The molecule has 0 spiro atoms. The Hall–Kier alpha value is -3.41. The van der Waals surface area contributed by atoms with Crippen LogP contribution >= 0.6 is 0 Å². The first-order chi connectivity index (χ1) is 13.1. The van der Waals surface area contributed by atoms with Crippen molar-refractivity contribution in [3.8, 4) is 17.1 Å². The minimum Gasteiger partial charge on any atom is -0.507 e. The zero-order valence-electron chi connectivity index (χ0n) is 15.5. The number of benzene rings is 2. The van der Waals surface area contributed by atoms with Gasteiger partial charge < -0.3 is 15.7 Å². The second kappa shape index (κ2) is 8.31. The SMILES string of the molecule is CCN(CC)c1ccc(/C=C/c2nc(N)nc(-c3ccccc3O)n2)cc1. The van der Waals surface area contributed by atoms with E-state index < -0.39 is 0 Å². The van der Waals surface area contributed by atoms with E-state index in [0.717, 1.165) is 18.7 Å². The van der Waals surface area contributed by atoms with Crippen molar-refractivity contribution in [1.29, 1.82) is 0 Å². The van der Waals surface area contributed by atoms with Gasteiger partial charge in [0.15, 0.2) is 11.6 Å². The lowest BCUT2D eigenvalue weighted by atomic mass is 10.1. The van der Waals surface area contributed by atoms with Gasteiger partial charge in [-0.05, 0) is 49.8 Å². The summed E-state index contributed by atoms with van der Waals surface area (Å²) in [6.45, 7) is 6.24. The van der Waals surface area contributed by atoms with E-state index in [0.29, 0.717) is 17.2 Å². The molecule has 3 N–H and O–H groups in total. The highest BCUT2D eigenvalue weighted by molar-refractivity contribution is 5.70. The fourth-order valence-electron chi connectivity index (χ4n) is 2.82. The summed E-state index contributed by atoms with van der Waals surface area (Å²) in [4.78, 5) is 15.0. The maximum Gasteiger partial charge on any atom is 0.224 e. The predicted octanol–water partition coefficient (Wildman–Crippen LogP) is 3.84. The molecule has 0 aliphatic heterocycles. The van der Waals surface area contributed by atoms with Crippen LogP contribution in [0, 0.1) is 0 Å². The molecule has 0 aliphatic carbocycles. The van der Waals surface area contributed by atoms with Crippen molar-refractivity contribution in [3.63, 3.8) is 0 Å². The van der Waals surface area contributed by atoms with Crippen LogP contribution in [0.4, 0.5) is 11.6 Å². The molecule has 1 aromatic heterocycles. The first-order valence-electron chi connectivity index (χ1n) is 8.93. The van der Waals surface area contributed by atoms with Crippen molar-refractivity contribution in [3.05, 3.63) is 59.9 Å². The molecule has 0 bridgehead atoms. The number of aromatic hydroxyl groups is 1. The number of anilines is 2. The van der Waals surface area contributed by atoms with Gasteiger partial charge in [0.2, 0.25) is 5.95 Å². The van der Waals surface area contributed by atoms with Crippen molar-refractivity contribution in [2.24, 2.45) is 0 Å². The lowest BCUT2D eigenvalue weighted by molar-refractivity contribution is 0.477. The molecule has 0 fully saturated rings. The van der Waals surface area contributed by atoms with E-state index in [1.165, 1.54) is 5.69 Å². The first-order valence-corrected chi connectivity index (χ1v) is 8.93. The summed E-state index contributed by atoms with van der Waals surface area (Å²) in [6.07, 6.45) is 3.71. The minimum atomic E-state index is 0.102. The topological polar surface area (TPSA) is 88.2 Å². The Labute approximate surface area is 159 Å². The van der Waals surface area contributed by atoms with Gasteiger partial charge in [-0.25, -0.2) is 4.98 Å². The second-order valence-electron chi connectivity index (χ2n) is 5.99. The van der Waals surface area contributed by atoms with Gasteiger partial charge in [0.1, 0.15) is 5.75 Å². The smallest absolute Gasteiger partial charge is 0.224 e. The van der Waals surface area contributed by atoms with Gasteiger partial charge in [-0.1, -0.05) is 30.3 Å². The van der Waals surface area contributed by atoms with E-state index in [9.17, 15) is 5.11 Å². The van der Waals surface area contributed by atoms with Gasteiger partial charge in [-0.2, -0.15) is 9.97 Å². The summed E-state index contributed by atoms with van der Waals surface area (Å²) >= 11 is 0. The molecule has 3 aromatic rings. The molecule has 6 nitrogen and oxygen atoms in total. The van der Waals surface area contributed by atoms with Crippen molar-refractivity contribution < 1.29 is 5.11 Å². The Morgan fingerprint density at radius 2 is 1.63 bits per heavy atom. The standard InChI is InChI=1S/C21H23N5O/c1-3-26(4-2)16-12-9-15(10-13-16)11-14-19-23-20(25-21(22)24-19)17-7-5-6-8-18(17)27/h5-14,27H,3-4H2,1-2H3,(H2,22,23,24,25)/b14-11+. The molecule has 1 heterocycles. The molecule has 0 unspecified atom stereocenters. The van der Waals surface area contributed by atoms with Gasteiger partial charge in [0, 0.05) is 18.8 Å². The maximum absolute atomic E-state index is 10.0. The summed E-state index contributed by atoms with van der Waals surface area (Å²) in [5.74, 6) is 0.996. The number of nitrogens with zero attached hydrogens (tertiary/aromatic N) is 4. The highest BCUT2D eigenvalue weighted by Gasteiger charge is 2.09. The third-order valence-corrected chi connectivity index (χ3v) is 4.26. The molecule has 0 aliphatic rings. The number of aromatic nitrogens is 3. The average molecular weight is 361 g/mol. The Bertz CT molecular complexity index is 934. The van der Waals surface area contributed by atoms with Crippen LogP contribution in [0.25, 0.3) is 23.5 Å². The highest BCUT2D eigenvalue weighted by atomic mass is 16.3. The summed E-state index contributed by atoms with van der Waals surface area (Å²) in [6, 6.07) is 15.2. The van der Waals surface area contributed by atoms with Crippen LogP contribution in [0.3, 0.4) is 0 Å². The van der Waals surface area contributed by atoms with Crippen LogP contribution in [-0.4, -0.2) is 33.1 Å². The summed E-state index contributed by atoms with van der Waals surface area (Å²) in [7, 11) is 0. The molecule has 6 heteroatoms. The zero-order valence-corrected chi connectivity index (χ0v) is 15.5. The van der Waals surface area contributed by atoms with Crippen LogP contribution in [0.15, 0.2) is 48.5 Å². The highest BCUT2D eigenvalue weighted by Crippen LogP contribution is 2.26. The normalized spacial score (nSPS) is 11.0. The number of nitrogens with two attached hydrogens (primary N) is 1. The Balaban J connectivity index is 1.84. The van der Waals surface area contributed by atoms with E-state index in [4.69, 9.17) is 5.73 Å². The zero-order chi connectivity index (χ0) is 19.2. The fourth-order valence-corrected chi connectivity index (χ4v) is 2.82. The van der Waals surface area contributed by atoms with Crippen LogP contribution in [0.2, 0.25) is 0 Å². The first kappa shape index (κ1) is 18.4. The van der Waals surface area contributed by atoms with Gasteiger partial charge in [0.25, 0.3) is 0 Å². The molecule has 0 radical (unpaired) electrons. The molecular formula is C21H23N5O. The molecule has 27 heavy (non-hydrogen) atoms. The van der Waals surface area contributed by atoms with Gasteiger partial charge in [-0.3, -0.25) is 0 Å². The van der Waals surface area contributed by atoms with Gasteiger partial charge in [0.05, 0.1) is 5.56 Å². The van der Waals surface area contributed by atoms with E-state index in [-0.39, 0.29) is 11.7 Å². The predicted molar refractivity (Wildman–Crippen MR) is 110 cm³/mol. The summed E-state index contributed by atoms with van der Waals surface area (Å²) in [5.41, 5.74) is 8.57. The number of hydrogen-bond acceptors (Lipinski definition) is 6. The Kier molecular flexibility index (Phi) is 5.66. The Morgan fingerprint density at radius 1 is 0.926 bits per heavy atom. The number of para-hydroxylation sites is 1. The van der Waals surface area contributed by atoms with Crippen molar-refractivity contribution in [2.75, 3.05) is 23.7 Å². The lowest BCUT2D eigenvalue weighted by Crippen LogP contribution is -2.21. The summed E-state index contributed by atoms with van der Waals surface area (Å²) < 4.78 is 0. The molecule has 138 valence electrons. The maximum atomic E-state index is 10.0. The molecule has 0 saturated heterocycles. The molecule has 2 aromatic carbocycles. The van der Waals surface area contributed by atoms with E-state index >= 15 is 0 Å². The summed E-state index contributed by atoms with van der Waals surface area (Å²) in [5, 5.41) is 10.0. The van der Waals surface area contributed by atoms with Crippen molar-refractivity contribution >= 4 is 23.8 Å². The Morgan fingerprint density at radius 3 is 2.30 bits per heavy atom. The molecule has 3 rings (SSSR count). The molecule has 0 saturated carbocycles. The monoisotopic (exact) mass is 361 g/mol. The molecule has 0 amide bonds. The van der Waals surface area contributed by atoms with Gasteiger partial charge >= 0.3 is 0 Å². The number of nitrogen functional groups attached to an aromatic ring is 1. The van der Waals surface area contributed by atoms with Crippen LogP contribution in [0.1, 0.15) is 25.2 Å². The molecular weight excluding hydrogens is 338 g/mol. The third kappa shape index (κ3) is 4.41. The number of rotatable bonds is 6. The van der Waals surface area contributed by atoms with E-state index in [1.807, 2.05) is 12.1 Å². The van der Waals surface area contributed by atoms with E-state index in [2.05, 4.69) is 58.0 Å². The second-order valence-corrected chi connectivity index (χ2v) is 5.99. The van der Waals surface area contributed by atoms with Crippen LogP contribution < -0.4 is 10.6 Å². The van der Waals surface area contributed by atoms with Crippen molar-refractivity contribution in [1.82, 2.24) is 15.0 Å². The fraction of sp³-hybridized carbons (Fsp3) is 0.190. The van der Waals surface area contributed by atoms with Crippen LogP contribution in [-0.2, 0) is 0 Å². The van der Waals surface area contributed by atoms with Gasteiger partial charge in [-0.15, -0.1) is 0 Å². The number of phenols is 1. The third-order valence-electron chi connectivity index (χ3n) is 4.26. The lowest BCUT2D eigenvalue weighted by Gasteiger charge is -2.20. The minimum absolute atomic E-state index is 0.102.